The first-order valence-electron chi connectivity index (χ1n) is 9.11. The highest BCUT2D eigenvalue weighted by atomic mass is 32.2. The highest BCUT2D eigenvalue weighted by Gasteiger charge is 2.25. The minimum Gasteiger partial charge on any atom is -0.496 e. The third-order valence-corrected chi connectivity index (χ3v) is 5.64. The van der Waals surface area contributed by atoms with E-state index >= 15 is 0 Å². The highest BCUT2D eigenvalue weighted by molar-refractivity contribution is 7.99. The molecule has 0 spiro atoms. The summed E-state index contributed by atoms with van der Waals surface area (Å²) in [6.07, 6.45) is 0.216. The Balaban J connectivity index is 1.97. The molecule has 0 aliphatic carbocycles. The van der Waals surface area contributed by atoms with Gasteiger partial charge >= 0.3 is 5.97 Å². The molecule has 7 heteroatoms. The third-order valence-electron chi connectivity index (χ3n) is 4.28. The van der Waals surface area contributed by atoms with Crippen molar-refractivity contribution in [2.75, 3.05) is 21.3 Å². The maximum absolute atomic E-state index is 13.2. The number of esters is 1. The first-order chi connectivity index (χ1) is 13.8. The molecule has 2 aromatic rings. The lowest BCUT2D eigenvalue weighted by molar-refractivity contribution is -0.145. The van der Waals surface area contributed by atoms with Gasteiger partial charge in [0.05, 0.1) is 27.8 Å². The number of hydrogen-bond acceptors (Lipinski definition) is 6. The van der Waals surface area contributed by atoms with Crippen LogP contribution in [0.2, 0.25) is 0 Å². The van der Waals surface area contributed by atoms with Gasteiger partial charge in [-0.25, -0.2) is 4.39 Å². The van der Waals surface area contributed by atoms with Gasteiger partial charge in [-0.3, -0.25) is 4.79 Å². The monoisotopic (exact) mass is 422 g/mol. The summed E-state index contributed by atoms with van der Waals surface area (Å²) in [5, 5.41) is 0. The summed E-state index contributed by atoms with van der Waals surface area (Å²) in [4.78, 5) is 12.3. The zero-order chi connectivity index (χ0) is 21.4. The SMILES string of the molecule is COc1cc(OC)c(CSC(C)(C)CC(=O)OCc2cccc(F)c2)c(OC)c1. The van der Waals surface area contributed by atoms with Crippen molar-refractivity contribution in [3.63, 3.8) is 0 Å². The van der Waals surface area contributed by atoms with E-state index < -0.39 is 0 Å². The first-order valence-corrected chi connectivity index (χ1v) is 10.1. The van der Waals surface area contributed by atoms with Gasteiger partial charge in [-0.15, -0.1) is 0 Å². The van der Waals surface area contributed by atoms with Crippen molar-refractivity contribution in [2.24, 2.45) is 0 Å². The lowest BCUT2D eigenvalue weighted by Gasteiger charge is -2.24. The van der Waals surface area contributed by atoms with E-state index in [1.165, 1.54) is 12.1 Å². The van der Waals surface area contributed by atoms with Crippen LogP contribution in [0.15, 0.2) is 36.4 Å². The Labute approximate surface area is 175 Å². The lowest BCUT2D eigenvalue weighted by atomic mass is 10.1. The van der Waals surface area contributed by atoms with Crippen molar-refractivity contribution >= 4 is 17.7 Å². The number of halogens is 1. The molecule has 2 aromatic carbocycles. The number of thioether (sulfide) groups is 1. The number of rotatable bonds is 10. The van der Waals surface area contributed by atoms with Crippen molar-refractivity contribution < 1.29 is 28.1 Å². The first kappa shape index (κ1) is 22.9. The number of ether oxygens (including phenoxy) is 4. The Bertz CT molecular complexity index is 813. The van der Waals surface area contributed by atoms with E-state index in [1.807, 2.05) is 13.8 Å². The molecule has 0 saturated carbocycles. The molecule has 0 bridgehead atoms. The topological polar surface area (TPSA) is 54.0 Å². The van der Waals surface area contributed by atoms with E-state index in [9.17, 15) is 9.18 Å². The predicted molar refractivity (Wildman–Crippen MR) is 112 cm³/mol. The van der Waals surface area contributed by atoms with E-state index in [4.69, 9.17) is 18.9 Å². The molecule has 0 aliphatic rings. The predicted octanol–water partition coefficient (Wildman–Crippen LogP) is 5.00. The van der Waals surface area contributed by atoms with Crippen LogP contribution in [0.4, 0.5) is 4.39 Å². The lowest BCUT2D eigenvalue weighted by Crippen LogP contribution is -2.22. The molecule has 0 radical (unpaired) electrons. The second-order valence-corrected chi connectivity index (χ2v) is 8.71. The van der Waals surface area contributed by atoms with E-state index in [2.05, 4.69) is 0 Å². The molecule has 0 saturated heterocycles. The number of methoxy groups -OCH3 is 3. The van der Waals surface area contributed by atoms with Crippen LogP contribution < -0.4 is 14.2 Å². The summed E-state index contributed by atoms with van der Waals surface area (Å²) >= 11 is 1.60. The van der Waals surface area contributed by atoms with Gasteiger partial charge in [0.25, 0.3) is 0 Å². The molecule has 2 rings (SSSR count). The maximum atomic E-state index is 13.2. The van der Waals surface area contributed by atoms with Crippen molar-refractivity contribution in [1.29, 1.82) is 0 Å². The van der Waals surface area contributed by atoms with E-state index in [-0.39, 0.29) is 29.6 Å². The fraction of sp³-hybridized carbons (Fsp3) is 0.409. The minimum atomic E-state index is -0.380. The van der Waals surface area contributed by atoms with Crippen LogP contribution >= 0.6 is 11.8 Å². The van der Waals surface area contributed by atoms with Crippen molar-refractivity contribution in [2.45, 2.75) is 37.4 Å². The molecule has 0 unspecified atom stereocenters. The molecule has 0 fully saturated rings. The molecule has 0 N–H and O–H groups in total. The molecular formula is C22H27FO5S. The quantitative estimate of drug-likeness (QED) is 0.503. The number of carbonyl (C=O) groups is 1. The molecule has 158 valence electrons. The van der Waals surface area contributed by atoms with Gasteiger partial charge in [-0.1, -0.05) is 26.0 Å². The van der Waals surface area contributed by atoms with Crippen molar-refractivity contribution in [1.82, 2.24) is 0 Å². The largest absolute Gasteiger partial charge is 0.496 e. The Kier molecular flexibility index (Phi) is 8.20. The number of carbonyl (C=O) groups excluding carboxylic acids is 1. The molecule has 29 heavy (non-hydrogen) atoms. The molecule has 0 amide bonds. The van der Waals surface area contributed by atoms with Crippen LogP contribution in [-0.4, -0.2) is 32.0 Å². The van der Waals surface area contributed by atoms with Gasteiger partial charge in [0.1, 0.15) is 29.7 Å². The maximum Gasteiger partial charge on any atom is 0.307 e. The zero-order valence-electron chi connectivity index (χ0n) is 17.4. The molecule has 0 heterocycles. The molecular weight excluding hydrogens is 395 g/mol. The zero-order valence-corrected chi connectivity index (χ0v) is 18.2. The second kappa shape index (κ2) is 10.4. The van der Waals surface area contributed by atoms with Gasteiger partial charge < -0.3 is 18.9 Å². The van der Waals surface area contributed by atoms with Gasteiger partial charge in [0, 0.05) is 28.2 Å². The second-order valence-electron chi connectivity index (χ2n) is 7.03. The van der Waals surface area contributed by atoms with Crippen LogP contribution in [-0.2, 0) is 21.9 Å². The minimum absolute atomic E-state index is 0.0530. The molecule has 0 atom stereocenters. The third kappa shape index (κ3) is 6.85. The summed E-state index contributed by atoms with van der Waals surface area (Å²) < 4.78 is 34.4. The van der Waals surface area contributed by atoms with Crippen LogP contribution in [0.5, 0.6) is 17.2 Å². The Morgan fingerprint density at radius 3 is 2.24 bits per heavy atom. The smallest absolute Gasteiger partial charge is 0.307 e. The van der Waals surface area contributed by atoms with E-state index in [0.29, 0.717) is 28.6 Å². The summed E-state index contributed by atoms with van der Waals surface area (Å²) in [6, 6.07) is 9.63. The Hall–Kier alpha value is -2.41. The van der Waals surface area contributed by atoms with Gasteiger partial charge in [-0.2, -0.15) is 11.8 Å². The molecule has 0 aliphatic heterocycles. The average Bonchev–Trinajstić information content (AvgIpc) is 2.69. The normalized spacial score (nSPS) is 11.1. The van der Waals surface area contributed by atoms with Gasteiger partial charge in [0.2, 0.25) is 0 Å². The summed E-state index contributed by atoms with van der Waals surface area (Å²) in [6.45, 7) is 4.00. The fourth-order valence-corrected chi connectivity index (χ4v) is 3.77. The Morgan fingerprint density at radius 2 is 1.69 bits per heavy atom. The van der Waals surface area contributed by atoms with Gasteiger partial charge in [0.15, 0.2) is 0 Å². The van der Waals surface area contributed by atoms with Crippen LogP contribution in [0, 0.1) is 5.82 Å². The highest BCUT2D eigenvalue weighted by Crippen LogP contribution is 2.40. The van der Waals surface area contributed by atoms with Crippen LogP contribution in [0.1, 0.15) is 31.4 Å². The molecule has 5 nitrogen and oxygen atoms in total. The van der Waals surface area contributed by atoms with Crippen molar-refractivity contribution in [3.05, 3.63) is 53.3 Å². The fourth-order valence-electron chi connectivity index (χ4n) is 2.73. The van der Waals surface area contributed by atoms with E-state index in [0.717, 1.165) is 5.56 Å². The van der Waals surface area contributed by atoms with Crippen LogP contribution in [0.25, 0.3) is 0 Å². The summed E-state index contributed by atoms with van der Waals surface area (Å²) in [7, 11) is 4.77. The number of benzene rings is 2. The van der Waals surface area contributed by atoms with E-state index in [1.54, 1.807) is 57.4 Å². The standard InChI is InChI=1S/C22H27FO5S/c1-22(2,12-21(24)28-13-15-7-6-8-16(23)9-15)29-14-18-19(26-4)10-17(25-3)11-20(18)27-5/h6-11H,12-14H2,1-5H3. The van der Waals surface area contributed by atoms with Gasteiger partial charge in [-0.05, 0) is 17.7 Å². The molecule has 0 aromatic heterocycles. The Morgan fingerprint density at radius 1 is 1.03 bits per heavy atom. The van der Waals surface area contributed by atoms with Crippen molar-refractivity contribution in [3.8, 4) is 17.2 Å². The van der Waals surface area contributed by atoms with Crippen LogP contribution in [0.3, 0.4) is 0 Å². The summed E-state index contributed by atoms with van der Waals surface area (Å²) in [5.41, 5.74) is 1.51. The average molecular weight is 423 g/mol. The number of hydrogen-bond donors (Lipinski definition) is 0. The summed E-state index contributed by atoms with van der Waals surface area (Å²) in [5.74, 6) is 1.88.